The van der Waals surface area contributed by atoms with Crippen molar-refractivity contribution in [1.29, 1.82) is 0 Å². The molecule has 2 aromatic carbocycles. The Morgan fingerprint density at radius 2 is 1.96 bits per heavy atom. The number of thioether (sulfide) groups is 1. The Balaban J connectivity index is 1.65. The van der Waals surface area contributed by atoms with Crippen molar-refractivity contribution in [2.75, 3.05) is 0 Å². The average Bonchev–Trinajstić information content (AvgIpc) is 2.92. The number of amides is 1. The van der Waals surface area contributed by atoms with Crippen LogP contribution in [0.2, 0.25) is 10.0 Å². The number of hydrogen-bond acceptors (Lipinski definition) is 4. The molecule has 3 rings (SSSR count). The van der Waals surface area contributed by atoms with Gasteiger partial charge in [-0.15, -0.1) is 5.10 Å². The summed E-state index contributed by atoms with van der Waals surface area (Å²) in [5.41, 5.74) is 2.97. The molecule has 7 heteroatoms. The number of benzene rings is 2. The Hall–Kier alpha value is -1.82. The summed E-state index contributed by atoms with van der Waals surface area (Å²) in [6.45, 7) is 2.03. The second-order valence-corrected chi connectivity index (χ2v) is 7.63. The summed E-state index contributed by atoms with van der Waals surface area (Å²) in [5, 5.41) is 12.2. The average molecular weight is 392 g/mol. The Kier molecular flexibility index (Phi) is 5.78. The van der Waals surface area contributed by atoms with Crippen LogP contribution in [0.15, 0.2) is 52.7 Å². The van der Waals surface area contributed by atoms with E-state index in [2.05, 4.69) is 15.5 Å². The van der Waals surface area contributed by atoms with Crippen LogP contribution in [-0.2, 0) is 11.2 Å². The lowest BCUT2D eigenvalue weighted by Gasteiger charge is -2.07. The minimum Gasteiger partial charge on any atom is -0.303 e. The van der Waals surface area contributed by atoms with E-state index in [1.807, 2.05) is 31.2 Å². The van der Waals surface area contributed by atoms with Crippen LogP contribution in [-0.4, -0.2) is 22.5 Å². The molecule has 1 saturated heterocycles. The Labute approximate surface area is 160 Å². The maximum atomic E-state index is 12.1. The van der Waals surface area contributed by atoms with Gasteiger partial charge in [-0.2, -0.15) is 5.10 Å². The van der Waals surface area contributed by atoms with Crippen molar-refractivity contribution in [3.05, 3.63) is 69.2 Å². The number of halogens is 2. The summed E-state index contributed by atoms with van der Waals surface area (Å²) < 4.78 is 0. The first-order valence-electron chi connectivity index (χ1n) is 7.60. The van der Waals surface area contributed by atoms with Crippen LogP contribution in [0.5, 0.6) is 0 Å². The van der Waals surface area contributed by atoms with Crippen LogP contribution in [0, 0.1) is 6.92 Å². The first-order valence-corrected chi connectivity index (χ1v) is 9.24. The summed E-state index contributed by atoms with van der Waals surface area (Å²) in [6.07, 6.45) is 2.14. The number of carbonyl (C=O) groups excluding carboxylic acids is 1. The van der Waals surface area contributed by atoms with Gasteiger partial charge in [0.2, 0.25) is 5.91 Å². The van der Waals surface area contributed by atoms with Gasteiger partial charge < -0.3 is 5.32 Å². The smallest absolute Gasteiger partial charge is 0.239 e. The van der Waals surface area contributed by atoms with Gasteiger partial charge in [0.25, 0.3) is 0 Å². The van der Waals surface area contributed by atoms with E-state index in [1.54, 1.807) is 24.4 Å². The molecule has 0 bridgehead atoms. The first kappa shape index (κ1) is 18.0. The monoisotopic (exact) mass is 391 g/mol. The third-order valence-corrected chi connectivity index (χ3v) is 5.30. The van der Waals surface area contributed by atoms with Gasteiger partial charge in [-0.25, -0.2) is 0 Å². The van der Waals surface area contributed by atoms with Crippen LogP contribution in [0.1, 0.15) is 16.7 Å². The molecule has 1 unspecified atom stereocenters. The lowest BCUT2D eigenvalue weighted by atomic mass is 10.1. The lowest BCUT2D eigenvalue weighted by Crippen LogP contribution is -2.26. The number of rotatable bonds is 4. The van der Waals surface area contributed by atoms with Crippen LogP contribution in [0.4, 0.5) is 0 Å². The summed E-state index contributed by atoms with van der Waals surface area (Å²) in [7, 11) is 0. The molecule has 1 aliphatic heterocycles. The van der Waals surface area contributed by atoms with E-state index in [-0.39, 0.29) is 11.2 Å². The second kappa shape index (κ2) is 8.04. The third-order valence-electron chi connectivity index (χ3n) is 3.62. The van der Waals surface area contributed by atoms with Gasteiger partial charge in [-0.3, -0.25) is 4.79 Å². The molecule has 1 heterocycles. The molecule has 0 spiro atoms. The zero-order chi connectivity index (χ0) is 17.8. The first-order chi connectivity index (χ1) is 12.0. The van der Waals surface area contributed by atoms with Gasteiger partial charge in [0.15, 0.2) is 5.17 Å². The molecular weight excluding hydrogens is 377 g/mol. The Bertz CT molecular complexity index is 850. The highest BCUT2D eigenvalue weighted by Gasteiger charge is 2.31. The normalized spacial score (nSPS) is 18.9. The van der Waals surface area contributed by atoms with E-state index in [1.165, 1.54) is 17.3 Å². The summed E-state index contributed by atoms with van der Waals surface area (Å²) >= 11 is 13.5. The minimum atomic E-state index is -0.302. The molecule has 0 aliphatic carbocycles. The molecule has 0 radical (unpaired) electrons. The molecule has 1 N–H and O–H groups in total. The van der Waals surface area contributed by atoms with Crippen LogP contribution in [0.3, 0.4) is 0 Å². The molecule has 1 fully saturated rings. The Morgan fingerprint density at radius 3 is 2.72 bits per heavy atom. The summed E-state index contributed by atoms with van der Waals surface area (Å²) in [6, 6.07) is 13.2. The number of nitrogens with one attached hydrogen (secondary N) is 1. The van der Waals surface area contributed by atoms with E-state index in [0.29, 0.717) is 21.6 Å². The fourth-order valence-electron chi connectivity index (χ4n) is 2.29. The van der Waals surface area contributed by atoms with E-state index in [9.17, 15) is 4.79 Å². The predicted octanol–water partition coefficient (Wildman–Crippen LogP) is 4.47. The number of nitrogens with zero attached hydrogens (tertiary/aromatic N) is 2. The molecule has 25 heavy (non-hydrogen) atoms. The van der Waals surface area contributed by atoms with Gasteiger partial charge in [-0.1, -0.05) is 64.8 Å². The van der Waals surface area contributed by atoms with Crippen LogP contribution >= 0.6 is 35.0 Å². The molecule has 0 saturated carbocycles. The van der Waals surface area contributed by atoms with E-state index < -0.39 is 0 Å². The Morgan fingerprint density at radius 1 is 1.20 bits per heavy atom. The maximum Gasteiger partial charge on any atom is 0.239 e. The van der Waals surface area contributed by atoms with E-state index in [4.69, 9.17) is 23.2 Å². The van der Waals surface area contributed by atoms with Crippen molar-refractivity contribution in [3.63, 3.8) is 0 Å². The van der Waals surface area contributed by atoms with E-state index >= 15 is 0 Å². The second-order valence-electron chi connectivity index (χ2n) is 5.60. The molecule has 4 nitrogen and oxygen atoms in total. The molecule has 2 aromatic rings. The quantitative estimate of drug-likeness (QED) is 0.617. The number of aryl methyl sites for hydroxylation is 1. The van der Waals surface area contributed by atoms with Gasteiger partial charge in [0.1, 0.15) is 0 Å². The zero-order valence-electron chi connectivity index (χ0n) is 13.4. The SMILES string of the molecule is Cc1ccc(C=N/N=C2\NC(=O)C(Cc3cc(Cl)ccc3Cl)S2)cc1. The van der Waals surface area contributed by atoms with Gasteiger partial charge in [-0.05, 0) is 42.7 Å². The maximum absolute atomic E-state index is 12.1. The van der Waals surface area contributed by atoms with Gasteiger partial charge in [0.05, 0.1) is 11.5 Å². The number of amidine groups is 1. The van der Waals surface area contributed by atoms with E-state index in [0.717, 1.165) is 11.1 Å². The number of hydrogen-bond donors (Lipinski definition) is 1. The van der Waals surface area contributed by atoms with Crippen molar-refractivity contribution in [2.45, 2.75) is 18.6 Å². The fraction of sp³-hybridized carbons (Fsp3) is 0.167. The summed E-state index contributed by atoms with van der Waals surface area (Å²) in [4.78, 5) is 12.1. The highest BCUT2D eigenvalue weighted by molar-refractivity contribution is 8.15. The van der Waals surface area contributed by atoms with Crippen molar-refractivity contribution in [2.24, 2.45) is 10.2 Å². The van der Waals surface area contributed by atoms with Gasteiger partial charge >= 0.3 is 0 Å². The molecular formula is C18H15Cl2N3OS. The highest BCUT2D eigenvalue weighted by Crippen LogP contribution is 2.28. The summed E-state index contributed by atoms with van der Waals surface area (Å²) in [5.74, 6) is -0.106. The van der Waals surface area contributed by atoms with Crippen molar-refractivity contribution >= 4 is 52.3 Å². The van der Waals surface area contributed by atoms with Crippen molar-refractivity contribution < 1.29 is 4.79 Å². The molecule has 1 atom stereocenters. The zero-order valence-corrected chi connectivity index (χ0v) is 15.7. The molecule has 128 valence electrons. The molecule has 0 aromatic heterocycles. The molecule has 1 amide bonds. The minimum absolute atomic E-state index is 0.106. The third kappa shape index (κ3) is 4.84. The fourth-order valence-corrected chi connectivity index (χ4v) is 3.63. The van der Waals surface area contributed by atoms with Crippen molar-refractivity contribution in [1.82, 2.24) is 5.32 Å². The van der Waals surface area contributed by atoms with Gasteiger partial charge in [0, 0.05) is 10.0 Å². The predicted molar refractivity (Wildman–Crippen MR) is 106 cm³/mol. The topological polar surface area (TPSA) is 53.8 Å². The lowest BCUT2D eigenvalue weighted by molar-refractivity contribution is -0.118. The molecule has 1 aliphatic rings. The largest absolute Gasteiger partial charge is 0.303 e. The highest BCUT2D eigenvalue weighted by atomic mass is 35.5. The van der Waals surface area contributed by atoms with Crippen LogP contribution in [0.25, 0.3) is 0 Å². The van der Waals surface area contributed by atoms with Crippen molar-refractivity contribution in [3.8, 4) is 0 Å². The number of carbonyl (C=O) groups is 1. The standard InChI is InChI=1S/C18H15Cl2N3OS/c1-11-2-4-12(5-3-11)10-21-23-18-22-17(24)16(25-18)9-13-8-14(19)6-7-15(13)20/h2-8,10,16H,9H2,1H3,(H,22,23,24). The van der Waals surface area contributed by atoms with Crippen LogP contribution < -0.4 is 5.32 Å².